The van der Waals surface area contributed by atoms with Crippen molar-refractivity contribution in [1.29, 1.82) is 0 Å². The van der Waals surface area contributed by atoms with Crippen molar-refractivity contribution in [2.24, 2.45) is 0 Å². The molecule has 0 atom stereocenters. The normalized spacial score (nSPS) is 10.9. The van der Waals surface area contributed by atoms with Crippen LogP contribution in [0.1, 0.15) is 23.2 Å². The van der Waals surface area contributed by atoms with E-state index in [4.69, 9.17) is 24.2 Å². The van der Waals surface area contributed by atoms with Gasteiger partial charge in [0.1, 0.15) is 24.7 Å². The Morgan fingerprint density at radius 1 is 1.02 bits per heavy atom. The maximum absolute atomic E-state index is 13.7. The van der Waals surface area contributed by atoms with E-state index >= 15 is 0 Å². The first-order valence-corrected chi connectivity index (χ1v) is 13.4. The van der Waals surface area contributed by atoms with Crippen LogP contribution in [0, 0.1) is 11.6 Å². The number of ether oxygens (including phenoxy) is 1. The molecule has 1 amide bonds. The molecule has 1 aromatic heterocycles. The van der Waals surface area contributed by atoms with Crippen molar-refractivity contribution in [1.82, 2.24) is 10.2 Å². The number of hydrogen-bond acceptors (Lipinski definition) is 7. The van der Waals surface area contributed by atoms with E-state index in [1.807, 2.05) is 6.92 Å². The number of likely N-dealkylation sites (N-methyl/N-ethyl adjacent to an activating group) is 1. The lowest BCUT2D eigenvalue weighted by Crippen LogP contribution is -2.40. The van der Waals surface area contributed by atoms with E-state index in [1.54, 1.807) is 36.6 Å². The van der Waals surface area contributed by atoms with Gasteiger partial charge in [-0.2, -0.15) is 13.2 Å². The Labute approximate surface area is 241 Å². The summed E-state index contributed by atoms with van der Waals surface area (Å²) in [6.45, 7) is 2.93. The summed E-state index contributed by atoms with van der Waals surface area (Å²) in [6.07, 6.45) is -3.29. The van der Waals surface area contributed by atoms with Crippen LogP contribution in [-0.2, 0) is 16.2 Å². The molecule has 0 aliphatic rings. The number of rotatable bonds is 12. The van der Waals surface area contributed by atoms with E-state index in [1.165, 1.54) is 34.9 Å². The number of carbonyl (C=O) groups excluding carboxylic acids is 1. The molecule has 0 saturated heterocycles. The second-order valence-corrected chi connectivity index (χ2v) is 9.17. The molecule has 0 aliphatic heterocycles. The second kappa shape index (κ2) is 15.8. The fraction of sp³-hybridized carbons (Fsp3) is 0.296. The Morgan fingerprint density at radius 3 is 2.19 bits per heavy atom. The average molecular weight is 619 g/mol. The minimum absolute atomic E-state index is 0.0274. The van der Waals surface area contributed by atoms with Gasteiger partial charge in [-0.25, -0.2) is 13.6 Å². The van der Waals surface area contributed by atoms with Gasteiger partial charge in [-0.15, -0.1) is 11.8 Å². The fourth-order valence-corrected chi connectivity index (χ4v) is 3.96. The zero-order valence-electron chi connectivity index (χ0n) is 22.3. The largest absolute Gasteiger partial charge is 0.490 e. The third-order valence-corrected chi connectivity index (χ3v) is 6.10. The third-order valence-electron chi connectivity index (χ3n) is 5.33. The van der Waals surface area contributed by atoms with Gasteiger partial charge in [0.2, 0.25) is 0 Å². The molecular weight excluding hydrogens is 591 g/mol. The zero-order valence-corrected chi connectivity index (χ0v) is 23.2. The third kappa shape index (κ3) is 10.4. The molecule has 3 N–H and O–H groups in total. The smallest absolute Gasteiger partial charge is 0.486 e. The van der Waals surface area contributed by atoms with E-state index in [-0.39, 0.29) is 18.9 Å². The van der Waals surface area contributed by atoms with Crippen LogP contribution in [0.3, 0.4) is 0 Å². The molecule has 0 saturated carbocycles. The van der Waals surface area contributed by atoms with Gasteiger partial charge in [-0.05, 0) is 60.3 Å². The Kier molecular flexibility index (Phi) is 12.8. The molecule has 1 heterocycles. The Balaban J connectivity index is 0.000000782. The molecule has 228 valence electrons. The van der Waals surface area contributed by atoms with Crippen molar-refractivity contribution in [2.45, 2.75) is 24.6 Å². The number of aliphatic carboxylic acids is 2. The maximum atomic E-state index is 13.7. The van der Waals surface area contributed by atoms with E-state index in [2.05, 4.69) is 5.32 Å². The van der Waals surface area contributed by atoms with Gasteiger partial charge in [-0.3, -0.25) is 9.59 Å². The summed E-state index contributed by atoms with van der Waals surface area (Å²) in [6, 6.07) is 12.3. The summed E-state index contributed by atoms with van der Waals surface area (Å²) in [5, 5.41) is 19.3. The van der Waals surface area contributed by atoms with Crippen LogP contribution < -0.4 is 10.1 Å². The zero-order chi connectivity index (χ0) is 31.4. The number of carbonyl (C=O) groups is 3. The molecule has 42 heavy (non-hydrogen) atoms. The summed E-state index contributed by atoms with van der Waals surface area (Å²) in [5.74, 6) is -5.25. The molecule has 2 aromatic carbocycles. The molecule has 3 aromatic rings. The van der Waals surface area contributed by atoms with Gasteiger partial charge in [-0.1, -0.05) is 19.1 Å². The number of thioether (sulfide) groups is 1. The second-order valence-electron chi connectivity index (χ2n) is 8.32. The van der Waals surface area contributed by atoms with Crippen LogP contribution in [0.4, 0.5) is 22.0 Å². The van der Waals surface area contributed by atoms with Gasteiger partial charge in [0.15, 0.2) is 17.4 Å². The van der Waals surface area contributed by atoms with Crippen LogP contribution in [0.15, 0.2) is 57.8 Å². The number of carboxylic acid groups (broad SMARTS) is 2. The fourth-order valence-electron chi connectivity index (χ4n) is 3.34. The Bertz CT molecular complexity index is 1360. The summed E-state index contributed by atoms with van der Waals surface area (Å²) < 4.78 is 70.3. The minimum Gasteiger partial charge on any atom is -0.486 e. The van der Waals surface area contributed by atoms with Crippen LogP contribution in [-0.4, -0.2) is 71.6 Å². The van der Waals surface area contributed by atoms with Crippen LogP contribution in [0.25, 0.3) is 11.1 Å². The highest BCUT2D eigenvalue weighted by Crippen LogP contribution is 2.33. The molecule has 0 bridgehead atoms. The number of carboxylic acids is 2. The van der Waals surface area contributed by atoms with Crippen LogP contribution >= 0.6 is 11.8 Å². The van der Waals surface area contributed by atoms with Crippen molar-refractivity contribution in [3.63, 3.8) is 0 Å². The van der Waals surface area contributed by atoms with Crippen molar-refractivity contribution >= 4 is 29.6 Å². The van der Waals surface area contributed by atoms with Gasteiger partial charge in [0.05, 0.1) is 0 Å². The van der Waals surface area contributed by atoms with E-state index < -0.39 is 42.2 Å². The lowest BCUT2D eigenvalue weighted by atomic mass is 10.1. The summed E-state index contributed by atoms with van der Waals surface area (Å²) in [4.78, 5) is 34.5. The standard InChI is InChI=1S/C25H26F2N2O5S.C2HF3O2/c1-3-28-10-11-29(14-24(30)31)25(32)22-9-8-18(34-22)15-33-17-6-4-16(5-7-17)19-12-20(26)21(27)13-23(19)35-2;3-2(4,5)1(6)7/h4-9,12-13,28H,3,10-11,14-15H2,1-2H3,(H,30,31);(H,6,7). The highest BCUT2D eigenvalue weighted by molar-refractivity contribution is 7.98. The number of alkyl halides is 3. The topological polar surface area (TPSA) is 129 Å². The Hall–Kier alpha value is -4.11. The first-order chi connectivity index (χ1) is 19.8. The molecule has 0 aliphatic carbocycles. The molecule has 15 heteroatoms. The van der Waals surface area contributed by atoms with Crippen molar-refractivity contribution in [3.05, 3.63) is 71.7 Å². The lowest BCUT2D eigenvalue weighted by Gasteiger charge is -2.19. The molecular formula is C27H27F5N2O7S. The van der Waals surface area contributed by atoms with Crippen molar-refractivity contribution < 1.29 is 55.7 Å². The van der Waals surface area contributed by atoms with Gasteiger partial charge in [0, 0.05) is 18.0 Å². The first-order valence-electron chi connectivity index (χ1n) is 12.1. The highest BCUT2D eigenvalue weighted by Gasteiger charge is 2.38. The molecule has 3 rings (SSSR count). The molecule has 0 spiro atoms. The van der Waals surface area contributed by atoms with E-state index in [0.717, 1.165) is 0 Å². The van der Waals surface area contributed by atoms with Crippen molar-refractivity contribution in [2.75, 3.05) is 32.4 Å². The number of nitrogens with zero attached hydrogens (tertiary/aromatic N) is 1. The quantitative estimate of drug-likeness (QED) is 0.141. The van der Waals surface area contributed by atoms with Crippen molar-refractivity contribution in [3.8, 4) is 16.9 Å². The summed E-state index contributed by atoms with van der Waals surface area (Å²) in [5.41, 5.74) is 1.29. The van der Waals surface area contributed by atoms with E-state index in [9.17, 15) is 31.5 Å². The van der Waals surface area contributed by atoms with Gasteiger partial charge >= 0.3 is 18.1 Å². The van der Waals surface area contributed by atoms with Gasteiger partial charge < -0.3 is 29.6 Å². The highest BCUT2D eigenvalue weighted by atomic mass is 32.2. The predicted octanol–water partition coefficient (Wildman–Crippen LogP) is 5.30. The number of furan rings is 1. The number of nitrogens with one attached hydrogen (secondary N) is 1. The molecule has 9 nitrogen and oxygen atoms in total. The monoisotopic (exact) mass is 618 g/mol. The van der Waals surface area contributed by atoms with Crippen LogP contribution in [0.2, 0.25) is 0 Å². The summed E-state index contributed by atoms with van der Waals surface area (Å²) in [7, 11) is 0. The predicted molar refractivity (Wildman–Crippen MR) is 142 cm³/mol. The van der Waals surface area contributed by atoms with E-state index in [0.29, 0.717) is 40.6 Å². The number of amides is 1. The summed E-state index contributed by atoms with van der Waals surface area (Å²) >= 11 is 1.32. The first kappa shape index (κ1) is 34.1. The van der Waals surface area contributed by atoms with Gasteiger partial charge in [0.25, 0.3) is 5.91 Å². The minimum atomic E-state index is -5.08. The SMILES string of the molecule is CCNCCN(CC(=O)O)C(=O)c1ccc(COc2ccc(-c3cc(F)c(F)cc3SC)cc2)o1.O=C(O)C(F)(F)F. The number of benzene rings is 2. The maximum Gasteiger partial charge on any atom is 0.490 e. The average Bonchev–Trinajstić information content (AvgIpc) is 3.41. The molecule has 0 unspecified atom stereocenters. The van der Waals surface area contributed by atoms with Crippen LogP contribution in [0.5, 0.6) is 5.75 Å². The number of hydrogen-bond donors (Lipinski definition) is 3. The number of halogens is 5. The molecule has 0 fully saturated rings. The molecule has 0 radical (unpaired) electrons. The lowest BCUT2D eigenvalue weighted by molar-refractivity contribution is -0.192. The Morgan fingerprint density at radius 2 is 1.64 bits per heavy atom.